The number of rotatable bonds is 2. The number of para-hydroxylation sites is 1. The van der Waals surface area contributed by atoms with Gasteiger partial charge in [-0.3, -0.25) is 4.79 Å². The molecule has 0 atom stereocenters. The molecule has 0 N–H and O–H groups in total. The molecule has 0 bridgehead atoms. The van der Waals surface area contributed by atoms with E-state index in [2.05, 4.69) is 43.9 Å². The first kappa shape index (κ1) is 17.0. The molecule has 4 nitrogen and oxygen atoms in total. The highest BCUT2D eigenvalue weighted by Gasteiger charge is 2.24. The van der Waals surface area contributed by atoms with E-state index in [-0.39, 0.29) is 5.91 Å². The molecular formula is C21H23N3OS. The second kappa shape index (κ2) is 6.72. The van der Waals surface area contributed by atoms with Crippen LogP contribution in [0.1, 0.15) is 27.0 Å². The largest absolute Gasteiger partial charge is 0.345 e. The van der Waals surface area contributed by atoms with Gasteiger partial charge in [0.05, 0.1) is 10.2 Å². The highest BCUT2D eigenvalue weighted by atomic mass is 32.1. The molecule has 1 aliphatic rings. The van der Waals surface area contributed by atoms with Crippen LogP contribution in [0.5, 0.6) is 0 Å². The normalized spacial score (nSPS) is 14.9. The quantitative estimate of drug-likeness (QED) is 0.683. The van der Waals surface area contributed by atoms with Crippen LogP contribution in [0.15, 0.2) is 36.4 Å². The summed E-state index contributed by atoms with van der Waals surface area (Å²) in [5.41, 5.74) is 5.49. The van der Waals surface area contributed by atoms with Crippen molar-refractivity contribution < 1.29 is 4.79 Å². The van der Waals surface area contributed by atoms with Crippen LogP contribution in [0.4, 0.5) is 5.13 Å². The zero-order chi connectivity index (χ0) is 18.3. The lowest BCUT2D eigenvalue weighted by atomic mass is 10.1. The number of fused-ring (bicyclic) bond motifs is 1. The van der Waals surface area contributed by atoms with Crippen LogP contribution in [0.3, 0.4) is 0 Å². The highest BCUT2D eigenvalue weighted by molar-refractivity contribution is 7.22. The van der Waals surface area contributed by atoms with Crippen molar-refractivity contribution in [1.29, 1.82) is 0 Å². The molecule has 0 spiro atoms. The van der Waals surface area contributed by atoms with Gasteiger partial charge in [0, 0.05) is 31.7 Å². The Labute approximate surface area is 158 Å². The fourth-order valence-electron chi connectivity index (χ4n) is 3.37. The summed E-state index contributed by atoms with van der Waals surface area (Å²) in [5, 5.41) is 1.06. The maximum atomic E-state index is 12.8. The third kappa shape index (κ3) is 3.07. The van der Waals surface area contributed by atoms with Gasteiger partial charge in [-0.25, -0.2) is 4.98 Å². The number of carbonyl (C=O) groups is 1. The molecule has 0 radical (unpaired) electrons. The van der Waals surface area contributed by atoms with Gasteiger partial charge in [0.1, 0.15) is 0 Å². The molecule has 134 valence electrons. The molecule has 2 aromatic carbocycles. The molecule has 1 saturated heterocycles. The standard InChI is InChI=1S/C21H23N3OS/c1-14-7-8-17(13-16(14)3)20(25)23-9-11-24(12-10-23)21-22-19-15(2)5-4-6-18(19)26-21/h4-8,13H,9-12H2,1-3H3. The van der Waals surface area contributed by atoms with Gasteiger partial charge in [0.2, 0.25) is 0 Å². The Hall–Kier alpha value is -2.40. The van der Waals surface area contributed by atoms with E-state index in [4.69, 9.17) is 4.98 Å². The lowest BCUT2D eigenvalue weighted by molar-refractivity contribution is 0.0746. The highest BCUT2D eigenvalue weighted by Crippen LogP contribution is 2.31. The smallest absolute Gasteiger partial charge is 0.253 e. The third-order valence-corrected chi connectivity index (χ3v) is 6.28. The van der Waals surface area contributed by atoms with Crippen LogP contribution in [-0.2, 0) is 0 Å². The number of piperazine rings is 1. The Balaban J connectivity index is 1.47. The van der Waals surface area contributed by atoms with Crippen molar-refractivity contribution >= 4 is 32.6 Å². The topological polar surface area (TPSA) is 36.4 Å². The van der Waals surface area contributed by atoms with Crippen LogP contribution in [0, 0.1) is 20.8 Å². The number of nitrogens with zero attached hydrogens (tertiary/aromatic N) is 3. The van der Waals surface area contributed by atoms with Crippen LogP contribution < -0.4 is 4.90 Å². The molecule has 0 saturated carbocycles. The van der Waals surface area contributed by atoms with Gasteiger partial charge in [-0.2, -0.15) is 0 Å². The second-order valence-electron chi connectivity index (χ2n) is 7.00. The van der Waals surface area contributed by atoms with Crippen molar-refractivity contribution in [3.05, 3.63) is 58.7 Å². The number of aryl methyl sites for hydroxylation is 3. The Morgan fingerprint density at radius 1 is 0.962 bits per heavy atom. The Morgan fingerprint density at radius 3 is 2.42 bits per heavy atom. The van der Waals surface area contributed by atoms with Gasteiger partial charge in [-0.15, -0.1) is 0 Å². The molecular weight excluding hydrogens is 342 g/mol. The first-order valence-electron chi connectivity index (χ1n) is 9.00. The summed E-state index contributed by atoms with van der Waals surface area (Å²) in [6.07, 6.45) is 0. The molecule has 3 aromatic rings. The maximum Gasteiger partial charge on any atom is 0.253 e. The molecule has 1 aromatic heterocycles. The zero-order valence-electron chi connectivity index (χ0n) is 15.5. The Morgan fingerprint density at radius 2 is 1.73 bits per heavy atom. The SMILES string of the molecule is Cc1ccc(C(=O)N2CCN(c3nc4c(C)cccc4s3)CC2)cc1C. The van der Waals surface area contributed by atoms with Crippen LogP contribution in [-0.4, -0.2) is 42.0 Å². The number of amides is 1. The van der Waals surface area contributed by atoms with Crippen LogP contribution >= 0.6 is 11.3 Å². The van der Waals surface area contributed by atoms with Crippen molar-refractivity contribution in [1.82, 2.24) is 9.88 Å². The monoisotopic (exact) mass is 365 g/mol. The average Bonchev–Trinajstić information content (AvgIpc) is 3.09. The number of carbonyl (C=O) groups excluding carboxylic acids is 1. The van der Waals surface area contributed by atoms with Gasteiger partial charge in [0.15, 0.2) is 5.13 Å². The number of thiazole rings is 1. The van der Waals surface area contributed by atoms with E-state index in [1.165, 1.54) is 21.4 Å². The number of anilines is 1. The lowest BCUT2D eigenvalue weighted by Crippen LogP contribution is -2.48. The molecule has 1 fully saturated rings. The van der Waals surface area contributed by atoms with E-state index in [9.17, 15) is 4.79 Å². The van der Waals surface area contributed by atoms with E-state index in [0.717, 1.165) is 42.4 Å². The Bertz CT molecular complexity index is 971. The van der Waals surface area contributed by atoms with Crippen molar-refractivity contribution in [2.45, 2.75) is 20.8 Å². The molecule has 1 amide bonds. The van der Waals surface area contributed by atoms with E-state index in [1.54, 1.807) is 11.3 Å². The van der Waals surface area contributed by atoms with Crippen LogP contribution in [0.2, 0.25) is 0 Å². The Kier molecular flexibility index (Phi) is 4.41. The summed E-state index contributed by atoms with van der Waals surface area (Å²) in [4.78, 5) is 21.9. The molecule has 5 heteroatoms. The third-order valence-electron chi connectivity index (χ3n) is 5.20. The number of benzene rings is 2. The zero-order valence-corrected chi connectivity index (χ0v) is 16.3. The first-order valence-corrected chi connectivity index (χ1v) is 9.82. The second-order valence-corrected chi connectivity index (χ2v) is 8.01. The number of aromatic nitrogens is 1. The average molecular weight is 366 g/mol. The summed E-state index contributed by atoms with van der Waals surface area (Å²) in [7, 11) is 0. The van der Waals surface area contributed by atoms with Gasteiger partial charge in [-0.1, -0.05) is 29.5 Å². The summed E-state index contributed by atoms with van der Waals surface area (Å²) >= 11 is 1.74. The molecule has 1 aliphatic heterocycles. The minimum Gasteiger partial charge on any atom is -0.345 e. The number of hydrogen-bond donors (Lipinski definition) is 0. The summed E-state index contributed by atoms with van der Waals surface area (Å²) in [6.45, 7) is 9.36. The first-order chi connectivity index (χ1) is 12.5. The van der Waals surface area contributed by atoms with E-state index in [1.807, 2.05) is 23.1 Å². The van der Waals surface area contributed by atoms with Crippen molar-refractivity contribution in [2.75, 3.05) is 31.1 Å². The van der Waals surface area contributed by atoms with Gasteiger partial charge >= 0.3 is 0 Å². The lowest BCUT2D eigenvalue weighted by Gasteiger charge is -2.34. The minimum absolute atomic E-state index is 0.132. The molecule has 0 aliphatic carbocycles. The fourth-order valence-corrected chi connectivity index (χ4v) is 4.46. The van der Waals surface area contributed by atoms with E-state index >= 15 is 0 Å². The number of hydrogen-bond acceptors (Lipinski definition) is 4. The molecule has 26 heavy (non-hydrogen) atoms. The minimum atomic E-state index is 0.132. The summed E-state index contributed by atoms with van der Waals surface area (Å²) < 4.78 is 1.23. The van der Waals surface area contributed by atoms with Crippen LogP contribution in [0.25, 0.3) is 10.2 Å². The van der Waals surface area contributed by atoms with Gasteiger partial charge in [0.25, 0.3) is 5.91 Å². The molecule has 4 rings (SSSR count). The van der Waals surface area contributed by atoms with Gasteiger partial charge < -0.3 is 9.80 Å². The van der Waals surface area contributed by atoms with Gasteiger partial charge in [-0.05, 0) is 55.7 Å². The van der Waals surface area contributed by atoms with E-state index in [0.29, 0.717) is 0 Å². The predicted octanol–water partition coefficient (Wildman–Crippen LogP) is 4.18. The summed E-state index contributed by atoms with van der Waals surface area (Å²) in [6, 6.07) is 12.3. The maximum absolute atomic E-state index is 12.8. The molecule has 2 heterocycles. The van der Waals surface area contributed by atoms with Crippen molar-refractivity contribution in [2.24, 2.45) is 0 Å². The predicted molar refractivity (Wildman–Crippen MR) is 108 cm³/mol. The fraction of sp³-hybridized carbons (Fsp3) is 0.333. The molecule has 0 unspecified atom stereocenters. The van der Waals surface area contributed by atoms with Crippen molar-refractivity contribution in [3.63, 3.8) is 0 Å². The summed E-state index contributed by atoms with van der Waals surface area (Å²) in [5.74, 6) is 0.132. The van der Waals surface area contributed by atoms with E-state index < -0.39 is 0 Å². The van der Waals surface area contributed by atoms with Crippen molar-refractivity contribution in [3.8, 4) is 0 Å².